The van der Waals surface area contributed by atoms with Crippen molar-refractivity contribution in [2.24, 2.45) is 0 Å². The molecule has 0 bridgehead atoms. The van der Waals surface area contributed by atoms with Crippen molar-refractivity contribution >= 4 is 28.5 Å². The van der Waals surface area contributed by atoms with Gasteiger partial charge in [0.2, 0.25) is 0 Å². The quantitative estimate of drug-likeness (QED) is 0.693. The number of nitrogens with one attached hydrogen (secondary N) is 1. The van der Waals surface area contributed by atoms with Crippen LogP contribution in [-0.2, 0) is 0 Å². The highest BCUT2D eigenvalue weighted by molar-refractivity contribution is 6.32. The minimum absolute atomic E-state index is 0.524. The Morgan fingerprint density at radius 3 is 2.88 bits per heavy atom. The van der Waals surface area contributed by atoms with Crippen molar-refractivity contribution in [3.63, 3.8) is 0 Å². The number of para-hydroxylation sites is 1. The van der Waals surface area contributed by atoms with Gasteiger partial charge in [0.1, 0.15) is 5.82 Å². The fraction of sp³-hybridized carbons (Fsp3) is 0.0909. The van der Waals surface area contributed by atoms with Crippen LogP contribution in [0.4, 0.5) is 5.82 Å². The van der Waals surface area contributed by atoms with Crippen molar-refractivity contribution in [2.45, 2.75) is 6.92 Å². The number of halogens is 1. The first-order chi connectivity index (χ1) is 8.18. The van der Waals surface area contributed by atoms with E-state index in [9.17, 15) is 0 Å². The van der Waals surface area contributed by atoms with Crippen molar-refractivity contribution in [3.8, 4) is 5.69 Å². The van der Waals surface area contributed by atoms with E-state index in [-0.39, 0.29) is 0 Å². The molecule has 0 aliphatic rings. The maximum atomic E-state index is 6.15. The van der Waals surface area contributed by atoms with Crippen LogP contribution in [0.15, 0.2) is 24.3 Å². The average molecular weight is 248 g/mol. The van der Waals surface area contributed by atoms with Gasteiger partial charge in [-0.15, -0.1) is 0 Å². The lowest BCUT2D eigenvalue weighted by atomic mass is 10.3. The molecule has 0 amide bonds. The van der Waals surface area contributed by atoms with Crippen LogP contribution in [0, 0.1) is 6.92 Å². The Balaban J connectivity index is 2.35. The van der Waals surface area contributed by atoms with Crippen LogP contribution in [0.3, 0.4) is 0 Å². The van der Waals surface area contributed by atoms with E-state index in [1.54, 1.807) is 4.68 Å². The summed E-state index contributed by atoms with van der Waals surface area (Å²) in [5.41, 5.74) is 8.11. The van der Waals surface area contributed by atoms with E-state index < -0.39 is 0 Å². The van der Waals surface area contributed by atoms with Gasteiger partial charge in [0.25, 0.3) is 0 Å². The summed E-state index contributed by atoms with van der Waals surface area (Å²) in [6.07, 6.45) is 0. The summed E-state index contributed by atoms with van der Waals surface area (Å²) >= 11 is 6.15. The number of fused-ring (bicyclic) bond motifs is 1. The summed E-state index contributed by atoms with van der Waals surface area (Å²) in [6.45, 7) is 1.89. The molecule has 0 saturated carbocycles. The second kappa shape index (κ2) is 3.49. The minimum Gasteiger partial charge on any atom is -0.383 e. The van der Waals surface area contributed by atoms with Crippen LogP contribution in [-0.4, -0.2) is 20.0 Å². The van der Waals surface area contributed by atoms with Crippen LogP contribution in [0.25, 0.3) is 16.7 Å². The van der Waals surface area contributed by atoms with E-state index in [0.717, 1.165) is 16.8 Å². The Morgan fingerprint density at radius 1 is 1.35 bits per heavy atom. The number of aromatic nitrogens is 4. The fourth-order valence-electron chi connectivity index (χ4n) is 1.89. The van der Waals surface area contributed by atoms with Crippen LogP contribution in [0.1, 0.15) is 5.69 Å². The molecule has 17 heavy (non-hydrogen) atoms. The van der Waals surface area contributed by atoms with Crippen molar-refractivity contribution < 1.29 is 0 Å². The maximum absolute atomic E-state index is 6.15. The fourth-order valence-corrected chi connectivity index (χ4v) is 2.11. The number of hydrogen-bond acceptors (Lipinski definition) is 3. The van der Waals surface area contributed by atoms with Crippen LogP contribution < -0.4 is 5.73 Å². The second-order valence-corrected chi connectivity index (χ2v) is 4.19. The predicted octanol–water partition coefficient (Wildman–Crippen LogP) is 2.29. The van der Waals surface area contributed by atoms with E-state index in [1.165, 1.54) is 0 Å². The molecule has 3 rings (SSSR count). The van der Waals surface area contributed by atoms with Crippen LogP contribution >= 0.6 is 11.6 Å². The summed E-state index contributed by atoms with van der Waals surface area (Å²) in [5, 5.41) is 12.8. The average Bonchev–Trinajstić information content (AvgIpc) is 2.83. The van der Waals surface area contributed by atoms with E-state index in [1.807, 2.05) is 31.2 Å². The van der Waals surface area contributed by atoms with Gasteiger partial charge in [-0.3, -0.25) is 5.10 Å². The number of nitrogen functional groups attached to an aromatic ring is 1. The molecule has 3 N–H and O–H groups in total. The number of nitrogens with zero attached hydrogens (tertiary/aromatic N) is 3. The van der Waals surface area contributed by atoms with E-state index in [2.05, 4.69) is 15.3 Å². The normalized spacial score (nSPS) is 11.2. The Labute approximate surface area is 102 Å². The number of aryl methyl sites for hydroxylation is 1. The van der Waals surface area contributed by atoms with Gasteiger partial charge in [-0.05, 0) is 19.1 Å². The second-order valence-electron chi connectivity index (χ2n) is 3.78. The van der Waals surface area contributed by atoms with Crippen molar-refractivity contribution in [3.05, 3.63) is 35.0 Å². The van der Waals surface area contributed by atoms with Gasteiger partial charge in [-0.1, -0.05) is 23.7 Å². The number of H-pyrrole nitrogens is 1. The van der Waals surface area contributed by atoms with Gasteiger partial charge in [0.15, 0.2) is 5.65 Å². The minimum atomic E-state index is 0.524. The van der Waals surface area contributed by atoms with Gasteiger partial charge >= 0.3 is 0 Å². The molecule has 1 aromatic carbocycles. The van der Waals surface area contributed by atoms with Gasteiger partial charge in [0, 0.05) is 0 Å². The molecule has 0 spiro atoms. The van der Waals surface area contributed by atoms with Crippen molar-refractivity contribution in [1.29, 1.82) is 0 Å². The first kappa shape index (κ1) is 10.2. The molecule has 3 aromatic rings. The number of hydrogen-bond donors (Lipinski definition) is 2. The van der Waals surface area contributed by atoms with Crippen LogP contribution in [0.5, 0.6) is 0 Å². The number of nitrogens with two attached hydrogens (primary N) is 1. The molecular formula is C11H10ClN5. The lowest BCUT2D eigenvalue weighted by Gasteiger charge is -2.03. The van der Waals surface area contributed by atoms with Crippen molar-refractivity contribution in [1.82, 2.24) is 20.0 Å². The smallest absolute Gasteiger partial charge is 0.186 e. The third kappa shape index (κ3) is 1.39. The van der Waals surface area contributed by atoms with Gasteiger partial charge in [0.05, 0.1) is 21.8 Å². The first-order valence-electron chi connectivity index (χ1n) is 5.12. The first-order valence-corrected chi connectivity index (χ1v) is 5.50. The summed E-state index contributed by atoms with van der Waals surface area (Å²) in [4.78, 5) is 0. The molecule has 0 aliphatic carbocycles. The molecule has 86 valence electrons. The molecule has 5 nitrogen and oxygen atoms in total. The zero-order valence-corrected chi connectivity index (χ0v) is 9.86. The molecule has 0 saturated heterocycles. The third-order valence-electron chi connectivity index (χ3n) is 2.67. The topological polar surface area (TPSA) is 72.5 Å². The Bertz CT molecular complexity index is 697. The molecule has 2 aromatic heterocycles. The monoisotopic (exact) mass is 247 g/mol. The number of benzene rings is 1. The Morgan fingerprint density at radius 2 is 2.12 bits per heavy atom. The highest BCUT2D eigenvalue weighted by Crippen LogP contribution is 2.27. The zero-order valence-electron chi connectivity index (χ0n) is 9.11. The maximum Gasteiger partial charge on any atom is 0.186 e. The highest BCUT2D eigenvalue weighted by Gasteiger charge is 2.15. The van der Waals surface area contributed by atoms with Crippen LogP contribution in [0.2, 0.25) is 5.02 Å². The molecular weight excluding hydrogens is 238 g/mol. The highest BCUT2D eigenvalue weighted by atomic mass is 35.5. The summed E-state index contributed by atoms with van der Waals surface area (Å²) in [6, 6.07) is 7.48. The predicted molar refractivity (Wildman–Crippen MR) is 67.4 cm³/mol. The standard InChI is InChI=1S/C11H10ClN5/c1-6-9-10(13)14-15-11(9)17(16-6)8-5-3-2-4-7(8)12/h2-5H,1H3,(H3,13,14,15). The van der Waals surface area contributed by atoms with E-state index in [4.69, 9.17) is 17.3 Å². The largest absolute Gasteiger partial charge is 0.383 e. The molecule has 0 atom stereocenters. The number of rotatable bonds is 1. The molecule has 6 heteroatoms. The molecule has 0 radical (unpaired) electrons. The Hall–Kier alpha value is -2.01. The molecule has 0 unspecified atom stereocenters. The summed E-state index contributed by atoms with van der Waals surface area (Å²) in [5.74, 6) is 0.524. The Kier molecular flexibility index (Phi) is 2.09. The van der Waals surface area contributed by atoms with E-state index in [0.29, 0.717) is 16.5 Å². The van der Waals surface area contributed by atoms with E-state index >= 15 is 0 Å². The summed E-state index contributed by atoms with van der Waals surface area (Å²) < 4.78 is 1.69. The van der Waals surface area contributed by atoms with Crippen molar-refractivity contribution in [2.75, 3.05) is 5.73 Å². The number of anilines is 1. The zero-order chi connectivity index (χ0) is 12.0. The van der Waals surface area contributed by atoms with Gasteiger partial charge < -0.3 is 5.73 Å². The SMILES string of the molecule is Cc1nn(-c2ccccc2Cl)c2n[nH]c(N)c12. The molecule has 0 aliphatic heterocycles. The summed E-state index contributed by atoms with van der Waals surface area (Å²) in [7, 11) is 0. The lowest BCUT2D eigenvalue weighted by molar-refractivity contribution is 0.865. The molecule has 2 heterocycles. The molecule has 0 fully saturated rings. The third-order valence-corrected chi connectivity index (χ3v) is 2.99. The van der Waals surface area contributed by atoms with Gasteiger partial charge in [-0.25, -0.2) is 4.68 Å². The van der Waals surface area contributed by atoms with Gasteiger partial charge in [-0.2, -0.15) is 10.2 Å². The lowest BCUT2D eigenvalue weighted by Crippen LogP contribution is -1.98. The number of aromatic amines is 1.